The van der Waals surface area contributed by atoms with E-state index in [1.54, 1.807) is 0 Å². The molecule has 3 heterocycles. The van der Waals surface area contributed by atoms with Crippen LogP contribution >= 0.6 is 0 Å². The van der Waals surface area contributed by atoms with Crippen LogP contribution in [0.15, 0.2) is 97.1 Å². The Kier molecular flexibility index (Phi) is 10.1. The van der Waals surface area contributed by atoms with Gasteiger partial charge >= 0.3 is 235 Å². The van der Waals surface area contributed by atoms with Gasteiger partial charge in [0.15, 0.2) is 0 Å². The average Bonchev–Trinajstić information content (AvgIpc) is 3.62. The van der Waals surface area contributed by atoms with E-state index < -0.39 is 0 Å². The third-order valence-electron chi connectivity index (χ3n) is 10.3. The molecule has 0 fully saturated rings. The van der Waals surface area contributed by atoms with Crippen molar-refractivity contribution in [3.05, 3.63) is 135 Å². The van der Waals surface area contributed by atoms with Crippen LogP contribution in [-0.2, 0) is 15.6 Å². The van der Waals surface area contributed by atoms with Gasteiger partial charge in [-0.3, -0.25) is 0 Å². The summed E-state index contributed by atoms with van der Waals surface area (Å²) in [6.45, 7) is 22.2. The number of fused-ring (bicyclic) bond motifs is 5. The fourth-order valence-corrected chi connectivity index (χ4v) is 7.93. The Morgan fingerprint density at radius 2 is 0.849 bits per heavy atom. The van der Waals surface area contributed by atoms with Crippen LogP contribution in [0.25, 0.3) is 55.5 Å². The molecule has 0 aliphatic rings. The van der Waals surface area contributed by atoms with Crippen molar-refractivity contribution in [2.24, 2.45) is 0 Å². The van der Waals surface area contributed by atoms with E-state index in [-0.39, 0.29) is 0 Å². The summed E-state index contributed by atoms with van der Waals surface area (Å²) >= 11 is 6.64. The Balaban J connectivity index is 0.000000239. The van der Waals surface area contributed by atoms with Gasteiger partial charge in [-0.2, -0.15) is 0 Å². The Morgan fingerprint density at radius 3 is 1.19 bits per heavy atom. The first-order valence-electron chi connectivity index (χ1n) is 18.9. The van der Waals surface area contributed by atoms with Crippen LogP contribution in [0.1, 0.15) is 112 Å². The van der Waals surface area contributed by atoms with Crippen molar-refractivity contribution in [1.82, 2.24) is 24.1 Å². The zero-order valence-corrected chi connectivity index (χ0v) is 33.5. The molecule has 0 N–H and O–H groups in total. The van der Waals surface area contributed by atoms with E-state index >= 15 is 0 Å². The second-order valence-electron chi connectivity index (χ2n) is 15.6. The van der Waals surface area contributed by atoms with Gasteiger partial charge in [-0.25, -0.2) is 0 Å². The normalized spacial score (nSPS) is 12.0. The van der Waals surface area contributed by atoms with Crippen molar-refractivity contribution in [2.75, 3.05) is 0 Å². The van der Waals surface area contributed by atoms with E-state index in [9.17, 15) is 0 Å². The molecule has 5 nitrogen and oxygen atoms in total. The van der Waals surface area contributed by atoms with Gasteiger partial charge in [0, 0.05) is 0 Å². The van der Waals surface area contributed by atoms with Crippen LogP contribution in [0.5, 0.6) is 0 Å². The van der Waals surface area contributed by atoms with E-state index in [0.29, 0.717) is 28.0 Å². The number of rotatable bonds is 6. The number of imidazole rings is 1. The second-order valence-corrected chi connectivity index (χ2v) is 16.0. The molecule has 3 aromatic heterocycles. The molecular weight excluding hydrogens is 698 g/mol. The zero-order chi connectivity index (χ0) is 37.7. The van der Waals surface area contributed by atoms with Crippen molar-refractivity contribution in [3.63, 3.8) is 0 Å². The molecule has 275 valence electrons. The number of nitrogens with zero attached hydrogens (tertiary/aromatic N) is 5. The minimum absolute atomic E-state index is 0.323. The topological polar surface area (TPSA) is 49.7 Å². The summed E-state index contributed by atoms with van der Waals surface area (Å²) < 4.78 is 5.08. The van der Waals surface area contributed by atoms with Crippen molar-refractivity contribution < 1.29 is 15.6 Å². The fraction of sp³-hybridized carbons (Fsp3) is 0.298. The summed E-state index contributed by atoms with van der Waals surface area (Å²) in [6, 6.07) is 34.2. The van der Waals surface area contributed by atoms with Crippen molar-refractivity contribution >= 4 is 44.1 Å². The molecule has 0 amide bonds. The summed E-state index contributed by atoms with van der Waals surface area (Å²) in [7, 11) is 0. The van der Waals surface area contributed by atoms with Gasteiger partial charge in [-0.15, -0.1) is 11.0 Å². The molecular formula is C47H50CuN5-. The molecule has 8 aromatic rings. The van der Waals surface area contributed by atoms with Crippen LogP contribution in [-0.4, -0.2) is 19.1 Å². The first kappa shape index (κ1) is 36.6. The summed E-state index contributed by atoms with van der Waals surface area (Å²) in [5.74, 6) is 1.29. The predicted molar refractivity (Wildman–Crippen MR) is 220 cm³/mol. The molecule has 53 heavy (non-hydrogen) atoms. The monoisotopic (exact) mass is 747 g/mol. The Labute approximate surface area is 321 Å². The molecule has 0 radical (unpaired) electrons. The maximum Gasteiger partial charge on any atom is -0.0341 e. The van der Waals surface area contributed by atoms with E-state index in [4.69, 9.17) is 25.5 Å². The minimum atomic E-state index is 0.323. The first-order chi connectivity index (χ1) is 25.3. The quantitative estimate of drug-likeness (QED) is 0.159. The molecule has 0 bridgehead atoms. The number of aromatic nitrogens is 5. The third kappa shape index (κ3) is 6.68. The number of benzene rings is 5. The minimum Gasteiger partial charge on any atom is -0.657 e. The molecule has 0 spiro atoms. The van der Waals surface area contributed by atoms with Gasteiger partial charge in [-0.1, -0.05) is 47.5 Å². The molecule has 0 saturated heterocycles. The summed E-state index contributed by atoms with van der Waals surface area (Å²) in [6.07, 6.45) is 0. The van der Waals surface area contributed by atoms with Gasteiger partial charge in [0.1, 0.15) is 0 Å². The second kappa shape index (κ2) is 14.6. The van der Waals surface area contributed by atoms with Crippen molar-refractivity contribution in [3.8, 4) is 11.4 Å². The van der Waals surface area contributed by atoms with E-state index in [1.807, 2.05) is 24.3 Å². The molecule has 6 heteroatoms. The number of hydrogen-bond donors (Lipinski definition) is 0. The largest absolute Gasteiger partial charge is 0.657 e. The number of para-hydroxylation sites is 4. The average molecular weight is 748 g/mol. The standard InChI is InChI=1S/C33H38N4.C14H12N.Cu/c1-20(2)24-13-11-14-25(21(3)4)30(24)36-19-37(31-26(22(5)6)15-12-16-27(31)23(7)8)33-32(36)34-28-17-9-10-18-29(28)35-33;1-9-3-5-13-11(7-9)12-8-10(2)4-6-14(12)15-13;/h9-18,20-23H,1-8H3;3-8H,1-2H3;/q;-1;. The van der Waals surface area contributed by atoms with Crippen molar-refractivity contribution in [1.29, 1.82) is 0 Å². The third-order valence-corrected chi connectivity index (χ3v) is 10.7. The van der Waals surface area contributed by atoms with Crippen LogP contribution in [0, 0.1) is 18.2 Å². The van der Waals surface area contributed by atoms with Crippen LogP contribution in [0.2, 0.25) is 0 Å². The van der Waals surface area contributed by atoms with Crippen LogP contribution < -0.4 is 4.98 Å². The molecule has 0 aliphatic carbocycles. The van der Waals surface area contributed by atoms with Crippen LogP contribution in [0.3, 0.4) is 0 Å². The van der Waals surface area contributed by atoms with Gasteiger partial charge in [0.25, 0.3) is 0 Å². The smallest absolute Gasteiger partial charge is 0.0341 e. The summed E-state index contributed by atoms with van der Waals surface area (Å²) in [5, 5.41) is 2.54. The fourth-order valence-electron chi connectivity index (χ4n) is 7.52. The number of aryl methyl sites for hydroxylation is 2. The molecule has 0 saturated carbocycles. The molecule has 0 aliphatic heterocycles. The maximum atomic E-state index is 6.64. The summed E-state index contributed by atoms with van der Waals surface area (Å²) in [4.78, 5) is 15.0. The predicted octanol–water partition coefficient (Wildman–Crippen LogP) is 12.5. The van der Waals surface area contributed by atoms with E-state index in [0.717, 1.165) is 44.7 Å². The van der Waals surface area contributed by atoms with E-state index in [2.05, 4.69) is 156 Å². The van der Waals surface area contributed by atoms with Crippen molar-refractivity contribution in [2.45, 2.75) is 92.9 Å². The molecule has 8 rings (SSSR count). The van der Waals surface area contributed by atoms with Gasteiger partial charge in [0.05, 0.1) is 0 Å². The first-order valence-corrected chi connectivity index (χ1v) is 19.4. The van der Waals surface area contributed by atoms with Gasteiger partial charge in [-0.05, 0) is 24.6 Å². The van der Waals surface area contributed by atoms with Crippen LogP contribution in [0.4, 0.5) is 0 Å². The summed E-state index contributed by atoms with van der Waals surface area (Å²) in [5.41, 5.74) is 15.4. The molecule has 0 unspecified atom stereocenters. The van der Waals surface area contributed by atoms with Gasteiger partial charge in [0.2, 0.25) is 0 Å². The SMILES string of the molecule is CC(C)c1cccc(C(C)C)c1-n1[c](=[Cu])n(-c2c(C(C)C)cccc2C(C)C)c2nc3ccccc3nc21.Cc1ccc2[n-]c3ccc(C)cc3c2c1. The Hall–Kier alpha value is -4.77. The Bertz CT molecular complexity index is 2450. The number of hydrogen-bond acceptors (Lipinski definition) is 2. The van der Waals surface area contributed by atoms with Gasteiger partial charge < -0.3 is 4.98 Å². The maximum absolute atomic E-state index is 6.64. The molecule has 0 atom stereocenters. The van der Waals surface area contributed by atoms with E-state index in [1.165, 1.54) is 44.2 Å². The zero-order valence-electron chi connectivity index (χ0n) is 32.6. The Morgan fingerprint density at radius 1 is 0.491 bits per heavy atom. The molecule has 5 aromatic carbocycles.